The van der Waals surface area contributed by atoms with E-state index in [0.717, 1.165) is 9.83 Å². The second kappa shape index (κ2) is 3.70. The van der Waals surface area contributed by atoms with Crippen LogP contribution >= 0.6 is 22.6 Å². The molecule has 0 aliphatic rings. The van der Waals surface area contributed by atoms with Gasteiger partial charge in [-0.1, -0.05) is 0 Å². The molecule has 0 atom stereocenters. The number of sulfonamides is 1. The zero-order valence-electron chi connectivity index (χ0n) is 6.78. The monoisotopic (exact) mass is 313 g/mol. The van der Waals surface area contributed by atoms with Crippen molar-refractivity contribution in [3.05, 3.63) is 21.8 Å². The van der Waals surface area contributed by atoms with Gasteiger partial charge in [0.15, 0.2) is 0 Å². The summed E-state index contributed by atoms with van der Waals surface area (Å²) in [6.07, 6.45) is 1.06. The van der Waals surface area contributed by atoms with Crippen molar-refractivity contribution in [3.8, 4) is 5.75 Å². The summed E-state index contributed by atoms with van der Waals surface area (Å²) in [6, 6.07) is 4.51. The molecule has 0 fully saturated rings. The number of nitrogens with one attached hydrogen (secondary N) is 1. The van der Waals surface area contributed by atoms with Crippen LogP contribution in [0.2, 0.25) is 0 Å². The predicted octanol–water partition coefficient (Wildman–Crippen LogP) is 1.37. The maximum Gasteiger partial charge on any atom is 0.229 e. The Bertz CT molecular complexity index is 395. The van der Waals surface area contributed by atoms with Crippen molar-refractivity contribution in [1.29, 1.82) is 0 Å². The van der Waals surface area contributed by atoms with Crippen LogP contribution in [-0.2, 0) is 10.0 Å². The Morgan fingerprint density at radius 2 is 2.00 bits per heavy atom. The van der Waals surface area contributed by atoms with Gasteiger partial charge in [-0.05, 0) is 34.7 Å². The minimum absolute atomic E-state index is 0.0399. The third kappa shape index (κ3) is 3.81. The highest BCUT2D eigenvalue weighted by Crippen LogP contribution is 2.21. The first kappa shape index (κ1) is 10.6. The molecule has 72 valence electrons. The molecule has 0 saturated heterocycles. The minimum atomic E-state index is -3.28. The van der Waals surface area contributed by atoms with E-state index >= 15 is 0 Å². The largest absolute Gasteiger partial charge is 0.508 e. The number of halogens is 1. The summed E-state index contributed by atoms with van der Waals surface area (Å²) < 4.78 is 24.7. The van der Waals surface area contributed by atoms with Crippen LogP contribution in [0.25, 0.3) is 0 Å². The van der Waals surface area contributed by atoms with E-state index in [1.165, 1.54) is 12.1 Å². The minimum Gasteiger partial charge on any atom is -0.508 e. The van der Waals surface area contributed by atoms with Gasteiger partial charge in [0.05, 0.1) is 11.9 Å². The molecule has 2 N–H and O–H groups in total. The zero-order valence-corrected chi connectivity index (χ0v) is 9.76. The highest BCUT2D eigenvalue weighted by Gasteiger charge is 2.03. The molecule has 1 aromatic rings. The van der Waals surface area contributed by atoms with E-state index in [9.17, 15) is 8.42 Å². The van der Waals surface area contributed by atoms with Crippen molar-refractivity contribution in [2.75, 3.05) is 11.0 Å². The molecular weight excluding hydrogens is 305 g/mol. The normalized spacial score (nSPS) is 11.2. The highest BCUT2D eigenvalue weighted by atomic mass is 127. The predicted molar refractivity (Wildman–Crippen MR) is 59.3 cm³/mol. The summed E-state index contributed by atoms with van der Waals surface area (Å²) in [5.74, 6) is 0.0399. The van der Waals surface area contributed by atoms with Crippen LogP contribution in [0.5, 0.6) is 5.75 Å². The van der Waals surface area contributed by atoms with E-state index in [-0.39, 0.29) is 5.75 Å². The maximum atomic E-state index is 10.8. The van der Waals surface area contributed by atoms with Crippen LogP contribution in [0.3, 0.4) is 0 Å². The van der Waals surface area contributed by atoms with Crippen molar-refractivity contribution < 1.29 is 13.5 Å². The van der Waals surface area contributed by atoms with E-state index in [2.05, 4.69) is 4.72 Å². The molecule has 13 heavy (non-hydrogen) atoms. The molecule has 0 heterocycles. The van der Waals surface area contributed by atoms with Crippen LogP contribution in [0.1, 0.15) is 0 Å². The van der Waals surface area contributed by atoms with E-state index in [1.54, 1.807) is 6.07 Å². The average molecular weight is 313 g/mol. The molecule has 0 amide bonds. The zero-order chi connectivity index (χ0) is 10.1. The first-order valence-electron chi connectivity index (χ1n) is 3.34. The third-order valence-electron chi connectivity index (χ3n) is 1.19. The average Bonchev–Trinajstić information content (AvgIpc) is 1.78. The number of benzene rings is 1. The molecule has 0 bridgehead atoms. The molecule has 1 aromatic carbocycles. The lowest BCUT2D eigenvalue weighted by Gasteiger charge is -2.04. The Labute approximate surface area is 90.2 Å². The van der Waals surface area contributed by atoms with Crippen LogP contribution in [0, 0.1) is 3.57 Å². The first-order chi connectivity index (χ1) is 5.87. The number of anilines is 1. The third-order valence-corrected chi connectivity index (χ3v) is 2.42. The summed E-state index contributed by atoms with van der Waals surface area (Å²) >= 11 is 1.99. The van der Waals surface area contributed by atoms with E-state index < -0.39 is 10.0 Å². The first-order valence-corrected chi connectivity index (χ1v) is 6.31. The fourth-order valence-corrected chi connectivity index (χ4v) is 2.05. The number of phenols is 1. The second-order valence-electron chi connectivity index (χ2n) is 2.57. The summed E-state index contributed by atoms with van der Waals surface area (Å²) in [6.45, 7) is 0. The van der Waals surface area contributed by atoms with Gasteiger partial charge < -0.3 is 5.11 Å². The highest BCUT2D eigenvalue weighted by molar-refractivity contribution is 14.1. The fraction of sp³-hybridized carbons (Fsp3) is 0.143. The number of hydrogen-bond donors (Lipinski definition) is 2. The number of aromatic hydroxyl groups is 1. The molecule has 0 aliphatic carbocycles. The number of rotatable bonds is 2. The maximum absolute atomic E-state index is 10.8. The molecule has 0 aromatic heterocycles. The van der Waals surface area contributed by atoms with Gasteiger partial charge in [0.2, 0.25) is 10.0 Å². The molecule has 4 nitrogen and oxygen atoms in total. The van der Waals surface area contributed by atoms with Crippen LogP contribution in [-0.4, -0.2) is 19.8 Å². The number of hydrogen-bond acceptors (Lipinski definition) is 3. The van der Waals surface area contributed by atoms with Gasteiger partial charge in [-0.15, -0.1) is 0 Å². The quantitative estimate of drug-likeness (QED) is 0.811. The van der Waals surface area contributed by atoms with Crippen LogP contribution < -0.4 is 4.72 Å². The lowest BCUT2D eigenvalue weighted by molar-refractivity contribution is 0.475. The molecule has 6 heteroatoms. The van der Waals surface area contributed by atoms with Gasteiger partial charge in [0, 0.05) is 9.64 Å². The molecule has 0 aliphatic heterocycles. The smallest absolute Gasteiger partial charge is 0.229 e. The molecule has 1 rings (SSSR count). The Balaban J connectivity index is 3.03. The molecule has 0 spiro atoms. The van der Waals surface area contributed by atoms with Gasteiger partial charge >= 0.3 is 0 Å². The Hall–Kier alpha value is -0.500. The Morgan fingerprint density at radius 1 is 1.38 bits per heavy atom. The SMILES string of the molecule is CS(=O)(=O)Nc1cc(O)cc(I)c1. The molecular formula is C7H8INO3S. The Kier molecular flexibility index (Phi) is 3.01. The van der Waals surface area contributed by atoms with Crippen molar-refractivity contribution in [1.82, 2.24) is 0 Å². The van der Waals surface area contributed by atoms with E-state index in [1.807, 2.05) is 22.6 Å². The Morgan fingerprint density at radius 3 is 2.46 bits per heavy atom. The van der Waals surface area contributed by atoms with Crippen molar-refractivity contribution >= 4 is 38.3 Å². The van der Waals surface area contributed by atoms with Gasteiger partial charge in [0.25, 0.3) is 0 Å². The summed E-state index contributed by atoms with van der Waals surface area (Å²) in [5.41, 5.74) is 0.368. The summed E-state index contributed by atoms with van der Waals surface area (Å²) in [4.78, 5) is 0. The molecule has 0 unspecified atom stereocenters. The second-order valence-corrected chi connectivity index (χ2v) is 5.57. The van der Waals surface area contributed by atoms with Crippen molar-refractivity contribution in [3.63, 3.8) is 0 Å². The number of phenolic OH excluding ortho intramolecular Hbond substituents is 1. The van der Waals surface area contributed by atoms with Crippen LogP contribution in [0.4, 0.5) is 5.69 Å². The van der Waals surface area contributed by atoms with Crippen molar-refractivity contribution in [2.45, 2.75) is 0 Å². The van der Waals surface area contributed by atoms with Gasteiger partial charge in [-0.3, -0.25) is 4.72 Å². The molecule has 0 radical (unpaired) electrons. The summed E-state index contributed by atoms with van der Waals surface area (Å²) in [7, 11) is -3.28. The lowest BCUT2D eigenvalue weighted by atomic mass is 10.3. The van der Waals surface area contributed by atoms with E-state index in [0.29, 0.717) is 5.69 Å². The summed E-state index contributed by atoms with van der Waals surface area (Å²) in [5, 5.41) is 9.15. The van der Waals surface area contributed by atoms with Crippen molar-refractivity contribution in [2.24, 2.45) is 0 Å². The standard InChI is InChI=1S/C7H8INO3S/c1-13(11,12)9-6-2-5(8)3-7(10)4-6/h2-4,9-10H,1H3. The van der Waals surface area contributed by atoms with Crippen LogP contribution in [0.15, 0.2) is 18.2 Å². The van der Waals surface area contributed by atoms with Gasteiger partial charge in [0.1, 0.15) is 5.75 Å². The van der Waals surface area contributed by atoms with Gasteiger partial charge in [-0.25, -0.2) is 8.42 Å². The van der Waals surface area contributed by atoms with E-state index in [4.69, 9.17) is 5.11 Å². The topological polar surface area (TPSA) is 66.4 Å². The fourth-order valence-electron chi connectivity index (χ4n) is 0.847. The van der Waals surface area contributed by atoms with Gasteiger partial charge in [-0.2, -0.15) is 0 Å². The molecule has 0 saturated carbocycles. The lowest BCUT2D eigenvalue weighted by Crippen LogP contribution is -2.09.